The summed E-state index contributed by atoms with van der Waals surface area (Å²) in [6.45, 7) is 0. The average Bonchev–Trinajstić information content (AvgIpc) is 2.26. The summed E-state index contributed by atoms with van der Waals surface area (Å²) in [7, 11) is 0. The number of benzene rings is 3. The van der Waals surface area contributed by atoms with Crippen molar-refractivity contribution < 1.29 is 10.2 Å². The third kappa shape index (κ3) is 1.36. The molecule has 0 aliphatic heterocycles. The molecule has 0 heterocycles. The van der Waals surface area contributed by atoms with Crippen LogP contribution in [0.2, 0.25) is 0 Å². The van der Waals surface area contributed by atoms with E-state index in [0.29, 0.717) is 0 Å². The SMILES string of the molecule is Oc1ccc2cc3ccc(O)cc3cc2c1. The lowest BCUT2D eigenvalue weighted by molar-refractivity contribution is 0.476. The van der Waals surface area contributed by atoms with E-state index < -0.39 is 0 Å². The van der Waals surface area contributed by atoms with E-state index in [4.69, 9.17) is 0 Å². The van der Waals surface area contributed by atoms with Gasteiger partial charge < -0.3 is 10.2 Å². The lowest BCUT2D eigenvalue weighted by Gasteiger charge is -2.03. The number of hydrogen-bond donors (Lipinski definition) is 2. The second-order valence-electron chi connectivity index (χ2n) is 3.92. The van der Waals surface area contributed by atoms with Crippen LogP contribution in [-0.4, -0.2) is 10.2 Å². The van der Waals surface area contributed by atoms with Crippen molar-refractivity contribution >= 4 is 21.5 Å². The first-order chi connectivity index (χ1) is 7.72. The van der Waals surface area contributed by atoms with Gasteiger partial charge in [-0.3, -0.25) is 0 Å². The number of aromatic hydroxyl groups is 2. The monoisotopic (exact) mass is 210 g/mol. The maximum atomic E-state index is 9.41. The van der Waals surface area contributed by atoms with Crippen molar-refractivity contribution in [2.75, 3.05) is 0 Å². The van der Waals surface area contributed by atoms with E-state index in [-0.39, 0.29) is 11.5 Å². The molecule has 3 aromatic carbocycles. The second kappa shape index (κ2) is 3.14. The normalized spacial score (nSPS) is 11.0. The van der Waals surface area contributed by atoms with Crippen molar-refractivity contribution in [2.45, 2.75) is 0 Å². The molecule has 3 aromatic rings. The summed E-state index contributed by atoms with van der Waals surface area (Å²) in [5.74, 6) is 0.513. The standard InChI is InChI=1S/C14H10O2/c15-13-3-1-9-5-10-2-4-14(16)8-12(10)6-11(9)7-13/h1-8,15-16H. The zero-order valence-corrected chi connectivity index (χ0v) is 8.51. The van der Waals surface area contributed by atoms with Crippen LogP contribution in [0.4, 0.5) is 0 Å². The topological polar surface area (TPSA) is 40.5 Å². The molecule has 0 aliphatic carbocycles. The Labute approximate surface area is 92.4 Å². The van der Waals surface area contributed by atoms with Gasteiger partial charge in [-0.05, 0) is 57.9 Å². The summed E-state index contributed by atoms with van der Waals surface area (Å²) in [6, 6.07) is 14.6. The van der Waals surface area contributed by atoms with Gasteiger partial charge in [0.2, 0.25) is 0 Å². The van der Waals surface area contributed by atoms with Gasteiger partial charge >= 0.3 is 0 Å². The molecule has 0 amide bonds. The van der Waals surface area contributed by atoms with E-state index in [9.17, 15) is 10.2 Å². The fourth-order valence-corrected chi connectivity index (χ4v) is 1.97. The van der Waals surface area contributed by atoms with Crippen LogP contribution in [0, 0.1) is 0 Å². The van der Waals surface area contributed by atoms with Gasteiger partial charge in [-0.1, -0.05) is 12.1 Å². The van der Waals surface area contributed by atoms with Crippen molar-refractivity contribution in [2.24, 2.45) is 0 Å². The zero-order chi connectivity index (χ0) is 11.1. The van der Waals surface area contributed by atoms with Crippen LogP contribution >= 0.6 is 0 Å². The molecule has 0 aliphatic rings. The fourth-order valence-electron chi connectivity index (χ4n) is 1.97. The first kappa shape index (κ1) is 9.04. The summed E-state index contributed by atoms with van der Waals surface area (Å²) >= 11 is 0. The molecule has 2 N–H and O–H groups in total. The molecule has 0 saturated heterocycles. The van der Waals surface area contributed by atoms with E-state index in [0.717, 1.165) is 21.5 Å². The molecule has 2 nitrogen and oxygen atoms in total. The summed E-state index contributed by atoms with van der Waals surface area (Å²) in [6.07, 6.45) is 0. The van der Waals surface area contributed by atoms with Crippen LogP contribution < -0.4 is 0 Å². The molecule has 0 saturated carbocycles. The lowest BCUT2D eigenvalue weighted by atomic mass is 10.0. The largest absolute Gasteiger partial charge is 0.508 e. The Bertz CT molecular complexity index is 630. The van der Waals surface area contributed by atoms with Crippen LogP contribution in [-0.2, 0) is 0 Å². The van der Waals surface area contributed by atoms with Crippen LogP contribution in [0.3, 0.4) is 0 Å². The van der Waals surface area contributed by atoms with E-state index in [1.165, 1.54) is 0 Å². The maximum absolute atomic E-state index is 9.41. The highest BCUT2D eigenvalue weighted by molar-refractivity contribution is 5.99. The lowest BCUT2D eigenvalue weighted by Crippen LogP contribution is -1.76. The van der Waals surface area contributed by atoms with Crippen LogP contribution in [0.5, 0.6) is 11.5 Å². The van der Waals surface area contributed by atoms with Gasteiger partial charge in [-0.2, -0.15) is 0 Å². The van der Waals surface area contributed by atoms with Crippen molar-refractivity contribution in [3.05, 3.63) is 48.5 Å². The minimum Gasteiger partial charge on any atom is -0.508 e. The molecule has 0 spiro atoms. The summed E-state index contributed by atoms with van der Waals surface area (Å²) < 4.78 is 0. The smallest absolute Gasteiger partial charge is 0.116 e. The number of rotatable bonds is 0. The predicted octanol–water partition coefficient (Wildman–Crippen LogP) is 3.40. The molecular formula is C14H10O2. The fraction of sp³-hybridized carbons (Fsp3) is 0. The molecule has 16 heavy (non-hydrogen) atoms. The van der Waals surface area contributed by atoms with Gasteiger partial charge in [0.05, 0.1) is 0 Å². The Kier molecular flexibility index (Phi) is 1.77. The zero-order valence-electron chi connectivity index (χ0n) is 8.51. The van der Waals surface area contributed by atoms with E-state index in [1.54, 1.807) is 24.3 Å². The molecule has 0 unspecified atom stereocenters. The van der Waals surface area contributed by atoms with Gasteiger partial charge in [0.15, 0.2) is 0 Å². The molecule has 0 atom stereocenters. The van der Waals surface area contributed by atoms with Crippen molar-refractivity contribution in [1.29, 1.82) is 0 Å². The molecule has 0 aromatic heterocycles. The summed E-state index contributed by atoms with van der Waals surface area (Å²) in [4.78, 5) is 0. The van der Waals surface area contributed by atoms with Gasteiger partial charge in [0, 0.05) is 0 Å². The third-order valence-corrected chi connectivity index (χ3v) is 2.76. The molecular weight excluding hydrogens is 200 g/mol. The number of phenols is 2. The van der Waals surface area contributed by atoms with E-state index in [2.05, 4.69) is 0 Å². The highest BCUT2D eigenvalue weighted by Crippen LogP contribution is 2.27. The number of fused-ring (bicyclic) bond motifs is 2. The molecule has 0 bridgehead atoms. The third-order valence-electron chi connectivity index (χ3n) is 2.76. The van der Waals surface area contributed by atoms with Gasteiger partial charge in [0.1, 0.15) is 11.5 Å². The quantitative estimate of drug-likeness (QED) is 0.558. The molecule has 78 valence electrons. The Morgan fingerprint density at radius 1 is 0.500 bits per heavy atom. The molecule has 3 rings (SSSR count). The number of phenolic OH excluding ortho intramolecular Hbond substituents is 2. The number of hydrogen-bond acceptors (Lipinski definition) is 2. The summed E-state index contributed by atoms with van der Waals surface area (Å²) in [5, 5.41) is 22.9. The minimum absolute atomic E-state index is 0.256. The van der Waals surface area contributed by atoms with Crippen LogP contribution in [0.1, 0.15) is 0 Å². The van der Waals surface area contributed by atoms with Crippen LogP contribution in [0.15, 0.2) is 48.5 Å². The van der Waals surface area contributed by atoms with Gasteiger partial charge in [0.25, 0.3) is 0 Å². The van der Waals surface area contributed by atoms with Crippen molar-refractivity contribution in [3.8, 4) is 11.5 Å². The molecule has 0 radical (unpaired) electrons. The second-order valence-corrected chi connectivity index (χ2v) is 3.92. The van der Waals surface area contributed by atoms with Crippen molar-refractivity contribution in [1.82, 2.24) is 0 Å². The van der Waals surface area contributed by atoms with Gasteiger partial charge in [-0.25, -0.2) is 0 Å². The van der Waals surface area contributed by atoms with E-state index >= 15 is 0 Å². The highest BCUT2D eigenvalue weighted by Gasteiger charge is 2.00. The highest BCUT2D eigenvalue weighted by atomic mass is 16.3. The summed E-state index contributed by atoms with van der Waals surface area (Å²) in [5.41, 5.74) is 0. The first-order valence-corrected chi connectivity index (χ1v) is 5.08. The Morgan fingerprint density at radius 3 is 1.44 bits per heavy atom. The average molecular weight is 210 g/mol. The van der Waals surface area contributed by atoms with Crippen molar-refractivity contribution in [3.63, 3.8) is 0 Å². The Hall–Kier alpha value is -2.22. The Morgan fingerprint density at radius 2 is 0.938 bits per heavy atom. The molecule has 2 heteroatoms. The van der Waals surface area contributed by atoms with E-state index in [1.807, 2.05) is 24.3 Å². The Balaban J connectivity index is 2.44. The van der Waals surface area contributed by atoms with Gasteiger partial charge in [-0.15, -0.1) is 0 Å². The first-order valence-electron chi connectivity index (χ1n) is 5.08. The maximum Gasteiger partial charge on any atom is 0.116 e. The minimum atomic E-state index is 0.256. The predicted molar refractivity (Wildman–Crippen MR) is 64.8 cm³/mol. The van der Waals surface area contributed by atoms with Crippen LogP contribution in [0.25, 0.3) is 21.5 Å². The molecule has 0 fully saturated rings.